The van der Waals surface area contributed by atoms with Crippen LogP contribution in [0.3, 0.4) is 0 Å². The number of carboxylic acids is 1. The summed E-state index contributed by atoms with van der Waals surface area (Å²) < 4.78 is 5.10. The summed E-state index contributed by atoms with van der Waals surface area (Å²) in [7, 11) is 0. The summed E-state index contributed by atoms with van der Waals surface area (Å²) in [5.41, 5.74) is -0.603. The Morgan fingerprint density at radius 1 is 1.35 bits per heavy atom. The standard InChI is InChI=1S/C15H19NO4/c17-13(7-6-12-5-4-10-20-12)16-15(11-14(18)19)8-2-1-3-9-15/h4-7,10H,1-3,8-9,11H2,(H,16,17)(H,18,19)/b7-6+. The largest absolute Gasteiger partial charge is 0.481 e. The number of nitrogens with one attached hydrogen (secondary N) is 1. The van der Waals surface area contributed by atoms with Crippen molar-refractivity contribution < 1.29 is 19.1 Å². The van der Waals surface area contributed by atoms with Crippen molar-refractivity contribution in [2.45, 2.75) is 44.1 Å². The highest BCUT2D eigenvalue weighted by molar-refractivity contribution is 5.92. The molecule has 0 bridgehead atoms. The first-order chi connectivity index (χ1) is 9.60. The third-order valence-corrected chi connectivity index (χ3v) is 3.63. The monoisotopic (exact) mass is 277 g/mol. The van der Waals surface area contributed by atoms with Crippen LogP contribution in [0.1, 0.15) is 44.3 Å². The summed E-state index contributed by atoms with van der Waals surface area (Å²) in [6.45, 7) is 0. The number of amides is 1. The Balaban J connectivity index is 1.99. The number of rotatable bonds is 5. The number of hydrogen-bond acceptors (Lipinski definition) is 3. The predicted octanol–water partition coefficient (Wildman–Crippen LogP) is 2.59. The van der Waals surface area contributed by atoms with Crippen LogP contribution in [0.5, 0.6) is 0 Å². The first-order valence-electron chi connectivity index (χ1n) is 6.85. The van der Waals surface area contributed by atoms with E-state index in [-0.39, 0.29) is 12.3 Å². The third-order valence-electron chi connectivity index (χ3n) is 3.63. The second kappa shape index (κ2) is 6.41. The van der Waals surface area contributed by atoms with Crippen molar-refractivity contribution in [3.63, 3.8) is 0 Å². The molecule has 5 nitrogen and oxygen atoms in total. The first-order valence-corrected chi connectivity index (χ1v) is 6.85. The van der Waals surface area contributed by atoms with Gasteiger partial charge in [-0.2, -0.15) is 0 Å². The van der Waals surface area contributed by atoms with Crippen molar-refractivity contribution >= 4 is 18.0 Å². The molecule has 20 heavy (non-hydrogen) atoms. The Morgan fingerprint density at radius 2 is 2.10 bits per heavy atom. The lowest BCUT2D eigenvalue weighted by molar-refractivity contribution is -0.139. The van der Waals surface area contributed by atoms with Crippen molar-refractivity contribution in [3.05, 3.63) is 30.2 Å². The Kier molecular flexibility index (Phi) is 4.61. The van der Waals surface area contributed by atoms with E-state index in [0.717, 1.165) is 32.1 Å². The molecular formula is C15H19NO4. The van der Waals surface area contributed by atoms with Gasteiger partial charge >= 0.3 is 5.97 Å². The maximum Gasteiger partial charge on any atom is 0.305 e. The van der Waals surface area contributed by atoms with Crippen molar-refractivity contribution in [3.8, 4) is 0 Å². The number of aliphatic carboxylic acids is 1. The molecule has 1 fully saturated rings. The van der Waals surface area contributed by atoms with Crippen LogP contribution in [-0.2, 0) is 9.59 Å². The molecular weight excluding hydrogens is 258 g/mol. The summed E-state index contributed by atoms with van der Waals surface area (Å²) in [5.74, 6) is -0.553. The minimum atomic E-state index is -0.873. The van der Waals surface area contributed by atoms with E-state index in [1.54, 1.807) is 18.2 Å². The van der Waals surface area contributed by atoms with E-state index in [1.807, 2.05) is 0 Å². The highest BCUT2D eigenvalue weighted by Gasteiger charge is 2.35. The van der Waals surface area contributed by atoms with E-state index >= 15 is 0 Å². The topological polar surface area (TPSA) is 79.5 Å². The van der Waals surface area contributed by atoms with Gasteiger partial charge in [-0.05, 0) is 31.1 Å². The van der Waals surface area contributed by atoms with Crippen molar-refractivity contribution in [2.24, 2.45) is 0 Å². The van der Waals surface area contributed by atoms with Gasteiger partial charge in [-0.3, -0.25) is 9.59 Å². The molecule has 5 heteroatoms. The van der Waals surface area contributed by atoms with Crippen LogP contribution in [0.25, 0.3) is 6.08 Å². The van der Waals surface area contributed by atoms with E-state index in [9.17, 15) is 9.59 Å². The molecule has 0 saturated heterocycles. The van der Waals surface area contributed by atoms with Crippen LogP contribution in [0.15, 0.2) is 28.9 Å². The first kappa shape index (κ1) is 14.4. The van der Waals surface area contributed by atoms with Gasteiger partial charge < -0.3 is 14.8 Å². The maximum absolute atomic E-state index is 12.0. The Bertz CT molecular complexity index is 484. The summed E-state index contributed by atoms with van der Waals surface area (Å²) in [4.78, 5) is 23.0. The van der Waals surface area contributed by atoms with Gasteiger partial charge in [0.25, 0.3) is 0 Å². The average molecular weight is 277 g/mol. The lowest BCUT2D eigenvalue weighted by atomic mass is 9.79. The van der Waals surface area contributed by atoms with E-state index in [0.29, 0.717) is 5.76 Å². The molecule has 1 amide bonds. The normalized spacial score (nSPS) is 18.0. The molecule has 0 aromatic carbocycles. The van der Waals surface area contributed by atoms with E-state index in [1.165, 1.54) is 12.3 Å². The molecule has 1 aliphatic carbocycles. The van der Waals surface area contributed by atoms with Crippen LogP contribution in [0.2, 0.25) is 0 Å². The van der Waals surface area contributed by atoms with Gasteiger partial charge in [0.15, 0.2) is 0 Å². The third kappa shape index (κ3) is 3.98. The maximum atomic E-state index is 12.0. The van der Waals surface area contributed by atoms with Crippen LogP contribution in [-0.4, -0.2) is 22.5 Å². The molecule has 1 aliphatic rings. The highest BCUT2D eigenvalue weighted by Crippen LogP contribution is 2.31. The van der Waals surface area contributed by atoms with E-state index in [4.69, 9.17) is 9.52 Å². The fourth-order valence-corrected chi connectivity index (χ4v) is 2.71. The Morgan fingerprint density at radius 3 is 2.70 bits per heavy atom. The molecule has 0 radical (unpaired) electrons. The molecule has 2 N–H and O–H groups in total. The van der Waals surface area contributed by atoms with E-state index < -0.39 is 11.5 Å². The van der Waals surface area contributed by atoms with Gasteiger partial charge in [0.05, 0.1) is 18.2 Å². The molecule has 1 heterocycles. The Labute approximate surface area is 117 Å². The van der Waals surface area contributed by atoms with Gasteiger partial charge in [0.1, 0.15) is 5.76 Å². The minimum absolute atomic E-state index is 0.0205. The molecule has 0 aliphatic heterocycles. The predicted molar refractivity (Wildman–Crippen MR) is 74.0 cm³/mol. The molecule has 2 rings (SSSR count). The van der Waals surface area contributed by atoms with Crippen molar-refractivity contribution in [1.29, 1.82) is 0 Å². The fourth-order valence-electron chi connectivity index (χ4n) is 2.71. The van der Waals surface area contributed by atoms with Crippen LogP contribution < -0.4 is 5.32 Å². The zero-order valence-electron chi connectivity index (χ0n) is 11.3. The van der Waals surface area contributed by atoms with E-state index in [2.05, 4.69) is 5.32 Å². The average Bonchev–Trinajstić information content (AvgIpc) is 2.89. The SMILES string of the molecule is O=C(O)CC1(NC(=O)/C=C/c2ccco2)CCCCC1. The number of carboxylic acid groups (broad SMARTS) is 1. The lowest BCUT2D eigenvalue weighted by Gasteiger charge is -2.36. The van der Waals surface area contributed by atoms with Gasteiger partial charge in [0.2, 0.25) is 5.91 Å². The molecule has 1 aromatic heterocycles. The second-order valence-electron chi connectivity index (χ2n) is 5.25. The smallest absolute Gasteiger partial charge is 0.305 e. The Hall–Kier alpha value is -2.04. The molecule has 108 valence electrons. The number of carbonyl (C=O) groups excluding carboxylic acids is 1. The van der Waals surface area contributed by atoms with Gasteiger partial charge in [0, 0.05) is 6.08 Å². The lowest BCUT2D eigenvalue weighted by Crippen LogP contribution is -2.50. The number of furan rings is 1. The van der Waals surface area contributed by atoms with Crippen LogP contribution >= 0.6 is 0 Å². The summed E-state index contributed by atoms with van der Waals surface area (Å²) >= 11 is 0. The number of carbonyl (C=O) groups is 2. The van der Waals surface area contributed by atoms with Gasteiger partial charge in [-0.25, -0.2) is 0 Å². The van der Waals surface area contributed by atoms with Gasteiger partial charge in [-0.1, -0.05) is 19.3 Å². The number of hydrogen-bond donors (Lipinski definition) is 2. The molecule has 0 spiro atoms. The minimum Gasteiger partial charge on any atom is -0.481 e. The van der Waals surface area contributed by atoms with Gasteiger partial charge in [-0.15, -0.1) is 0 Å². The van der Waals surface area contributed by atoms with Crippen molar-refractivity contribution in [2.75, 3.05) is 0 Å². The fraction of sp³-hybridized carbons (Fsp3) is 0.467. The molecule has 1 saturated carbocycles. The van der Waals surface area contributed by atoms with Crippen molar-refractivity contribution in [1.82, 2.24) is 5.32 Å². The quantitative estimate of drug-likeness (QED) is 0.811. The zero-order chi connectivity index (χ0) is 14.4. The van der Waals surface area contributed by atoms with Crippen LogP contribution in [0, 0.1) is 0 Å². The second-order valence-corrected chi connectivity index (χ2v) is 5.25. The van der Waals surface area contributed by atoms with Crippen LogP contribution in [0.4, 0.5) is 0 Å². The molecule has 1 aromatic rings. The summed E-state index contributed by atoms with van der Waals surface area (Å²) in [6, 6.07) is 3.49. The summed E-state index contributed by atoms with van der Waals surface area (Å²) in [5, 5.41) is 11.9. The zero-order valence-corrected chi connectivity index (χ0v) is 11.3. The molecule has 0 unspecified atom stereocenters. The summed E-state index contributed by atoms with van der Waals surface area (Å²) in [6.07, 6.45) is 8.92. The molecule has 0 atom stereocenters. The highest BCUT2D eigenvalue weighted by atomic mass is 16.4.